The van der Waals surface area contributed by atoms with Crippen LogP contribution in [0.4, 0.5) is 5.69 Å². The summed E-state index contributed by atoms with van der Waals surface area (Å²) in [7, 11) is 6.44. The van der Waals surface area contributed by atoms with Gasteiger partial charge in [0.1, 0.15) is 23.0 Å². The maximum absolute atomic E-state index is 13.6. The van der Waals surface area contributed by atoms with Crippen LogP contribution in [-0.4, -0.2) is 42.7 Å². The number of aliphatic hydroxyl groups is 1. The van der Waals surface area contributed by atoms with Gasteiger partial charge in [-0.05, 0) is 42.5 Å². The van der Waals surface area contributed by atoms with Gasteiger partial charge in [0.2, 0.25) is 0 Å². The van der Waals surface area contributed by atoms with E-state index < -0.39 is 17.7 Å². The van der Waals surface area contributed by atoms with Crippen LogP contribution in [-0.2, 0) is 16.6 Å². The van der Waals surface area contributed by atoms with Crippen molar-refractivity contribution < 1.29 is 28.9 Å². The first kappa shape index (κ1) is 24.0. The summed E-state index contributed by atoms with van der Waals surface area (Å²) in [6.07, 6.45) is 1.89. The number of fused-ring (bicyclic) bond motifs is 1. The Bertz CT molecular complexity index is 1550. The monoisotopic (exact) mass is 498 g/mol. The molecule has 8 heteroatoms. The van der Waals surface area contributed by atoms with E-state index in [1.54, 1.807) is 49.6 Å². The van der Waals surface area contributed by atoms with E-state index >= 15 is 0 Å². The predicted molar refractivity (Wildman–Crippen MR) is 140 cm³/mol. The topological polar surface area (TPSA) is 90.2 Å². The van der Waals surface area contributed by atoms with Crippen molar-refractivity contribution in [2.24, 2.45) is 7.05 Å². The highest BCUT2D eigenvalue weighted by Gasteiger charge is 2.48. The number of aromatic nitrogens is 1. The summed E-state index contributed by atoms with van der Waals surface area (Å²) in [5, 5.41) is 12.4. The number of carbonyl (C=O) groups is 2. The molecule has 1 unspecified atom stereocenters. The Morgan fingerprint density at radius 3 is 2.22 bits per heavy atom. The zero-order valence-corrected chi connectivity index (χ0v) is 20.9. The number of ether oxygens (including phenoxy) is 3. The fraction of sp³-hybridized carbons (Fsp3) is 0.172. The van der Waals surface area contributed by atoms with E-state index in [-0.39, 0.29) is 16.9 Å². The number of anilines is 1. The van der Waals surface area contributed by atoms with E-state index in [1.807, 2.05) is 42.1 Å². The first-order chi connectivity index (χ1) is 17.9. The number of aliphatic hydroxyl groups excluding tert-OH is 1. The van der Waals surface area contributed by atoms with Crippen LogP contribution < -0.4 is 19.1 Å². The van der Waals surface area contributed by atoms with Gasteiger partial charge in [0, 0.05) is 41.5 Å². The molecule has 1 saturated heterocycles. The number of amides is 1. The summed E-state index contributed by atoms with van der Waals surface area (Å²) < 4.78 is 18.0. The van der Waals surface area contributed by atoms with Crippen molar-refractivity contribution in [1.29, 1.82) is 0 Å². The van der Waals surface area contributed by atoms with Gasteiger partial charge in [-0.2, -0.15) is 0 Å². The highest BCUT2D eigenvalue weighted by atomic mass is 16.5. The first-order valence-corrected chi connectivity index (χ1v) is 11.6. The lowest BCUT2D eigenvalue weighted by atomic mass is 9.94. The van der Waals surface area contributed by atoms with Gasteiger partial charge in [-0.1, -0.05) is 18.2 Å². The lowest BCUT2D eigenvalue weighted by Gasteiger charge is -2.25. The van der Waals surface area contributed by atoms with Crippen LogP contribution in [0.1, 0.15) is 17.2 Å². The third-order valence-electron chi connectivity index (χ3n) is 6.68. The van der Waals surface area contributed by atoms with Crippen LogP contribution >= 0.6 is 0 Å². The average molecular weight is 499 g/mol. The second-order valence-corrected chi connectivity index (χ2v) is 8.65. The molecule has 37 heavy (non-hydrogen) atoms. The first-order valence-electron chi connectivity index (χ1n) is 11.6. The number of para-hydroxylation sites is 1. The molecule has 1 aliphatic rings. The van der Waals surface area contributed by atoms with E-state index in [0.29, 0.717) is 28.5 Å². The van der Waals surface area contributed by atoms with Crippen LogP contribution in [0.25, 0.3) is 16.7 Å². The molecule has 0 aliphatic carbocycles. The molecular formula is C29H26N2O6. The molecule has 1 fully saturated rings. The van der Waals surface area contributed by atoms with Crippen molar-refractivity contribution in [2.45, 2.75) is 6.04 Å². The largest absolute Gasteiger partial charge is 0.507 e. The molecule has 0 radical (unpaired) electrons. The molecule has 1 N–H and O–H groups in total. The summed E-state index contributed by atoms with van der Waals surface area (Å²) in [6, 6.07) is 18.6. The van der Waals surface area contributed by atoms with Gasteiger partial charge in [-0.15, -0.1) is 0 Å². The number of benzene rings is 3. The molecule has 1 amide bonds. The van der Waals surface area contributed by atoms with Crippen molar-refractivity contribution in [3.63, 3.8) is 0 Å². The number of rotatable bonds is 6. The number of hydrogen-bond donors (Lipinski definition) is 1. The molecule has 3 aromatic carbocycles. The number of hydrogen-bond acceptors (Lipinski definition) is 6. The lowest BCUT2D eigenvalue weighted by molar-refractivity contribution is -0.132. The van der Waals surface area contributed by atoms with E-state index in [0.717, 1.165) is 10.9 Å². The smallest absolute Gasteiger partial charge is 0.300 e. The lowest BCUT2D eigenvalue weighted by Crippen LogP contribution is -2.29. The molecule has 1 aromatic heterocycles. The van der Waals surface area contributed by atoms with Gasteiger partial charge in [0.25, 0.3) is 11.7 Å². The van der Waals surface area contributed by atoms with Crippen molar-refractivity contribution in [3.8, 4) is 17.2 Å². The summed E-state index contributed by atoms with van der Waals surface area (Å²) in [5.74, 6) is -0.403. The molecule has 1 atom stereocenters. The molecule has 188 valence electrons. The van der Waals surface area contributed by atoms with Crippen molar-refractivity contribution in [3.05, 3.63) is 89.6 Å². The molecule has 1 aliphatic heterocycles. The number of carbonyl (C=O) groups excluding carboxylic acids is 2. The van der Waals surface area contributed by atoms with Gasteiger partial charge in [0.15, 0.2) is 0 Å². The van der Waals surface area contributed by atoms with Gasteiger partial charge in [-0.25, -0.2) is 0 Å². The molecule has 8 nitrogen and oxygen atoms in total. The number of ketones is 1. The van der Waals surface area contributed by atoms with E-state index in [9.17, 15) is 14.7 Å². The second-order valence-electron chi connectivity index (χ2n) is 8.65. The third-order valence-corrected chi connectivity index (χ3v) is 6.68. The fourth-order valence-electron chi connectivity index (χ4n) is 4.87. The summed E-state index contributed by atoms with van der Waals surface area (Å²) in [5.41, 5.74) is 2.39. The van der Waals surface area contributed by atoms with Crippen molar-refractivity contribution in [1.82, 2.24) is 4.57 Å². The fourth-order valence-corrected chi connectivity index (χ4v) is 4.87. The zero-order chi connectivity index (χ0) is 26.3. The Kier molecular flexibility index (Phi) is 6.09. The Labute approximate surface area is 213 Å². The second kappa shape index (κ2) is 9.39. The molecule has 0 spiro atoms. The van der Waals surface area contributed by atoms with E-state index in [2.05, 4.69) is 0 Å². The van der Waals surface area contributed by atoms with Crippen molar-refractivity contribution >= 4 is 34.0 Å². The standard InChI is InChI=1S/C29H26N2O6/c1-30-16-22(20-7-5-6-8-23(20)30)26-25(27(32)21-14-13-19(36-3)15-24(21)37-4)28(33)29(34)31(26)17-9-11-18(35-2)12-10-17/h5-16,26,32H,1-4H3/b27-25+. The Hall–Kier alpha value is -4.72. The van der Waals surface area contributed by atoms with Gasteiger partial charge in [-0.3, -0.25) is 14.5 Å². The summed E-state index contributed by atoms with van der Waals surface area (Å²) >= 11 is 0. The minimum absolute atomic E-state index is 0.0272. The van der Waals surface area contributed by atoms with Crippen LogP contribution in [0, 0.1) is 0 Å². The van der Waals surface area contributed by atoms with Crippen LogP contribution in [0.15, 0.2) is 78.5 Å². The van der Waals surface area contributed by atoms with E-state index in [1.165, 1.54) is 19.1 Å². The zero-order valence-electron chi connectivity index (χ0n) is 20.9. The number of methoxy groups -OCH3 is 3. The Morgan fingerprint density at radius 2 is 1.54 bits per heavy atom. The van der Waals surface area contributed by atoms with Crippen LogP contribution in [0.5, 0.6) is 17.2 Å². The quantitative estimate of drug-likeness (QED) is 0.233. The average Bonchev–Trinajstić information content (AvgIpc) is 3.40. The van der Waals surface area contributed by atoms with Gasteiger partial charge in [0.05, 0.1) is 38.5 Å². The molecule has 4 aromatic rings. The SMILES string of the molecule is COc1ccc(N2C(=O)C(=O)/C(=C(/O)c3ccc(OC)cc3OC)C2c2cn(C)c3ccccc23)cc1. The van der Waals surface area contributed by atoms with Gasteiger partial charge >= 0.3 is 0 Å². The number of Topliss-reactive ketones (excluding diaryl/α,β-unsaturated/α-hetero) is 1. The predicted octanol–water partition coefficient (Wildman–Crippen LogP) is 4.83. The number of aryl methyl sites for hydroxylation is 1. The molecule has 0 saturated carbocycles. The third kappa shape index (κ3) is 3.87. The Morgan fingerprint density at radius 1 is 0.865 bits per heavy atom. The summed E-state index contributed by atoms with van der Waals surface area (Å²) in [4.78, 5) is 28.5. The van der Waals surface area contributed by atoms with Crippen LogP contribution in [0.3, 0.4) is 0 Å². The summed E-state index contributed by atoms with van der Waals surface area (Å²) in [6.45, 7) is 0. The van der Waals surface area contributed by atoms with Gasteiger partial charge < -0.3 is 23.9 Å². The Balaban J connectivity index is 1.79. The molecule has 2 heterocycles. The number of nitrogens with zero attached hydrogens (tertiary/aromatic N) is 2. The highest BCUT2D eigenvalue weighted by molar-refractivity contribution is 6.52. The maximum atomic E-state index is 13.6. The van der Waals surface area contributed by atoms with Crippen LogP contribution in [0.2, 0.25) is 0 Å². The van der Waals surface area contributed by atoms with Crippen molar-refractivity contribution in [2.75, 3.05) is 26.2 Å². The minimum atomic E-state index is -0.883. The molecule has 0 bridgehead atoms. The van der Waals surface area contributed by atoms with E-state index in [4.69, 9.17) is 14.2 Å². The molecule has 5 rings (SSSR count). The minimum Gasteiger partial charge on any atom is -0.507 e. The highest BCUT2D eigenvalue weighted by Crippen LogP contribution is 2.46. The maximum Gasteiger partial charge on any atom is 0.300 e. The normalized spacial score (nSPS) is 16.9. The molecular weight excluding hydrogens is 472 g/mol.